The molecule has 0 saturated heterocycles. The summed E-state index contributed by atoms with van der Waals surface area (Å²) < 4.78 is 13.6. The van der Waals surface area contributed by atoms with E-state index in [1.807, 2.05) is 0 Å². The van der Waals surface area contributed by atoms with E-state index in [1.165, 1.54) is 93.6 Å². The summed E-state index contributed by atoms with van der Waals surface area (Å²) >= 11 is 0. The van der Waals surface area contributed by atoms with Crippen LogP contribution in [0, 0.1) is 35.5 Å². The molecular formula is C44H44O6. The first-order chi connectivity index (χ1) is 24.2. The van der Waals surface area contributed by atoms with E-state index in [-0.39, 0.29) is 22.0 Å². The Morgan fingerprint density at radius 3 is 1.08 bits per heavy atom. The molecule has 8 saturated carbocycles. The minimum Gasteiger partial charge on any atom is -0.478 e. The van der Waals surface area contributed by atoms with Crippen LogP contribution in [0.2, 0.25) is 0 Å². The van der Waals surface area contributed by atoms with Crippen LogP contribution >= 0.6 is 0 Å². The predicted molar refractivity (Wildman–Crippen MR) is 191 cm³/mol. The second-order valence-corrected chi connectivity index (χ2v) is 17.3. The minimum absolute atomic E-state index is 0.0984. The van der Waals surface area contributed by atoms with Crippen molar-refractivity contribution in [2.24, 2.45) is 35.5 Å². The monoisotopic (exact) mass is 668 g/mol. The van der Waals surface area contributed by atoms with E-state index in [9.17, 15) is 19.8 Å². The normalized spacial score (nSPS) is 33.1. The maximum Gasteiger partial charge on any atom is 0.335 e. The SMILES string of the molecule is O=C(O)c1ccc(Oc2cc3cc(Oc4ccc(C(=O)O)cc4)c(C45CC6CC(CC(C6)C4)C5)cc3cc2C23CC4CC(CC(C4)C2)C3)cc1. The van der Waals surface area contributed by atoms with Gasteiger partial charge in [0.05, 0.1) is 11.1 Å². The van der Waals surface area contributed by atoms with Crippen LogP contribution in [0.4, 0.5) is 0 Å². The summed E-state index contributed by atoms with van der Waals surface area (Å²) in [7, 11) is 0. The Labute approximate surface area is 292 Å². The molecule has 0 aromatic heterocycles. The Bertz CT molecular complexity index is 1810. The van der Waals surface area contributed by atoms with Gasteiger partial charge in [0, 0.05) is 11.1 Å². The first-order valence-electron chi connectivity index (χ1n) is 18.8. The zero-order valence-electron chi connectivity index (χ0n) is 28.4. The van der Waals surface area contributed by atoms with Crippen LogP contribution in [-0.2, 0) is 10.8 Å². The number of benzene rings is 4. The largest absolute Gasteiger partial charge is 0.478 e. The molecule has 12 rings (SSSR count). The molecule has 8 fully saturated rings. The smallest absolute Gasteiger partial charge is 0.335 e. The summed E-state index contributed by atoms with van der Waals surface area (Å²) in [5, 5.41) is 21.3. The van der Waals surface area contributed by atoms with Crippen LogP contribution in [0.25, 0.3) is 10.8 Å². The Hall–Kier alpha value is -4.32. The van der Waals surface area contributed by atoms with Crippen LogP contribution in [-0.4, -0.2) is 22.2 Å². The summed E-state index contributed by atoms with van der Waals surface area (Å²) in [6.07, 6.45) is 15.5. The van der Waals surface area contributed by atoms with Gasteiger partial charge in [-0.25, -0.2) is 9.59 Å². The van der Waals surface area contributed by atoms with Crippen molar-refractivity contribution in [1.82, 2.24) is 0 Å². The van der Waals surface area contributed by atoms with Gasteiger partial charge in [0.25, 0.3) is 0 Å². The van der Waals surface area contributed by atoms with Crippen LogP contribution in [0.15, 0.2) is 72.8 Å². The summed E-state index contributed by atoms with van der Waals surface area (Å²) in [5.41, 5.74) is 3.32. The zero-order valence-corrected chi connectivity index (χ0v) is 28.4. The van der Waals surface area contributed by atoms with Crippen LogP contribution in [0.1, 0.15) is 109 Å². The summed E-state index contributed by atoms with van der Waals surface area (Å²) in [6, 6.07) is 22.8. The molecule has 4 aromatic rings. The van der Waals surface area contributed by atoms with Gasteiger partial charge in [-0.1, -0.05) is 0 Å². The zero-order chi connectivity index (χ0) is 33.8. The number of rotatable bonds is 8. The Morgan fingerprint density at radius 2 is 0.780 bits per heavy atom. The van der Waals surface area contributed by atoms with Crippen LogP contribution in [0.3, 0.4) is 0 Å². The van der Waals surface area contributed by atoms with Crippen LogP contribution in [0.5, 0.6) is 23.0 Å². The van der Waals surface area contributed by atoms with Gasteiger partial charge in [0.2, 0.25) is 0 Å². The van der Waals surface area contributed by atoms with Crippen molar-refractivity contribution in [1.29, 1.82) is 0 Å². The lowest BCUT2D eigenvalue weighted by Crippen LogP contribution is -2.48. The molecule has 0 aliphatic heterocycles. The molecule has 0 unspecified atom stereocenters. The molecular weight excluding hydrogens is 624 g/mol. The second kappa shape index (κ2) is 11.1. The number of fused-ring (bicyclic) bond motifs is 1. The molecule has 50 heavy (non-hydrogen) atoms. The van der Waals surface area contributed by atoms with E-state index < -0.39 is 11.9 Å². The van der Waals surface area contributed by atoms with Crippen molar-refractivity contribution >= 4 is 22.7 Å². The topological polar surface area (TPSA) is 93.1 Å². The lowest BCUT2D eigenvalue weighted by atomic mass is 9.47. The van der Waals surface area contributed by atoms with E-state index in [0.717, 1.165) is 52.4 Å². The highest BCUT2D eigenvalue weighted by atomic mass is 16.5. The number of hydrogen-bond donors (Lipinski definition) is 2. The highest BCUT2D eigenvalue weighted by molar-refractivity contribution is 5.90. The number of ether oxygens (including phenoxy) is 2. The van der Waals surface area contributed by atoms with Gasteiger partial charge in [-0.05, 0) is 207 Å². The van der Waals surface area contributed by atoms with Gasteiger partial charge in [-0.15, -0.1) is 0 Å². The number of carboxylic acid groups (broad SMARTS) is 2. The quantitative estimate of drug-likeness (QED) is 0.194. The maximum absolute atomic E-state index is 11.6. The third-order valence-electron chi connectivity index (χ3n) is 13.9. The standard InChI is InChI=1S/C44H44O6/c45-41(46)31-1-5-35(6-2-31)49-39-17-34-18-40(50-36-7-3-32(4-8-36)42(47)48)38(44-22-28-12-29(23-44)14-30(13-28)24-44)16-33(34)15-37(39)43-19-25-9-26(20-43)11-27(10-25)21-43/h1-8,15-18,25-30H,9-14,19-24H2,(H,45,46)(H,47,48). The second-order valence-electron chi connectivity index (χ2n) is 17.3. The van der Waals surface area contributed by atoms with E-state index in [1.54, 1.807) is 48.5 Å². The van der Waals surface area contributed by atoms with E-state index >= 15 is 0 Å². The molecule has 0 heterocycles. The average Bonchev–Trinajstić information content (AvgIpc) is 3.07. The molecule has 0 amide bonds. The lowest BCUT2D eigenvalue weighted by molar-refractivity contribution is -0.00598. The highest BCUT2D eigenvalue weighted by Gasteiger charge is 2.54. The van der Waals surface area contributed by atoms with Gasteiger partial charge in [-0.3, -0.25) is 0 Å². The van der Waals surface area contributed by atoms with Gasteiger partial charge in [0.15, 0.2) is 0 Å². The van der Waals surface area contributed by atoms with Crippen molar-refractivity contribution in [3.63, 3.8) is 0 Å². The number of hydrogen-bond acceptors (Lipinski definition) is 4. The molecule has 6 heteroatoms. The van der Waals surface area contributed by atoms with E-state index in [2.05, 4.69) is 24.3 Å². The number of carbonyl (C=O) groups is 2. The minimum atomic E-state index is -0.948. The Kier molecular flexibility index (Phi) is 6.76. The Morgan fingerprint density at radius 1 is 0.480 bits per heavy atom. The molecule has 2 N–H and O–H groups in total. The third-order valence-corrected chi connectivity index (χ3v) is 13.9. The van der Waals surface area contributed by atoms with Crippen molar-refractivity contribution in [2.45, 2.75) is 87.9 Å². The summed E-state index contributed by atoms with van der Waals surface area (Å²) in [4.78, 5) is 23.2. The fourth-order valence-electron chi connectivity index (χ4n) is 12.8. The fourth-order valence-corrected chi connectivity index (χ4v) is 12.8. The molecule has 0 atom stereocenters. The molecule has 8 aliphatic rings. The van der Waals surface area contributed by atoms with E-state index in [4.69, 9.17) is 9.47 Å². The lowest BCUT2D eigenvalue weighted by Gasteiger charge is -2.57. The van der Waals surface area contributed by atoms with Crippen molar-refractivity contribution in [2.75, 3.05) is 0 Å². The fraction of sp³-hybridized carbons (Fsp3) is 0.455. The van der Waals surface area contributed by atoms with Crippen LogP contribution < -0.4 is 9.47 Å². The van der Waals surface area contributed by atoms with Gasteiger partial charge in [0.1, 0.15) is 23.0 Å². The summed E-state index contributed by atoms with van der Waals surface area (Å²) in [6.45, 7) is 0. The van der Waals surface area contributed by atoms with Crippen molar-refractivity contribution in [3.8, 4) is 23.0 Å². The molecule has 4 aromatic carbocycles. The highest BCUT2D eigenvalue weighted by Crippen LogP contribution is 2.64. The predicted octanol–water partition coefficient (Wildman–Crippen LogP) is 10.8. The van der Waals surface area contributed by atoms with Crippen molar-refractivity contribution in [3.05, 3.63) is 95.1 Å². The number of aromatic carboxylic acids is 2. The summed E-state index contributed by atoms with van der Waals surface area (Å²) in [5.74, 6) is 5.81. The van der Waals surface area contributed by atoms with Gasteiger partial charge < -0.3 is 19.7 Å². The van der Waals surface area contributed by atoms with Gasteiger partial charge >= 0.3 is 11.9 Å². The number of carboxylic acids is 2. The van der Waals surface area contributed by atoms with Gasteiger partial charge in [-0.2, -0.15) is 0 Å². The molecule has 8 aliphatic carbocycles. The van der Waals surface area contributed by atoms with Crippen molar-refractivity contribution < 1.29 is 29.3 Å². The molecule has 0 spiro atoms. The first-order valence-corrected chi connectivity index (χ1v) is 18.8. The molecule has 8 bridgehead atoms. The third kappa shape index (κ3) is 5.04. The van der Waals surface area contributed by atoms with E-state index in [0.29, 0.717) is 11.5 Å². The molecule has 0 radical (unpaired) electrons. The maximum atomic E-state index is 11.6. The molecule has 6 nitrogen and oxygen atoms in total. The Balaban J connectivity index is 1.13. The molecule has 256 valence electrons. The first kappa shape index (κ1) is 30.5. The average molecular weight is 669 g/mol.